The third-order valence-electron chi connectivity index (χ3n) is 2.52. The van der Waals surface area contributed by atoms with E-state index in [1.165, 1.54) is 0 Å². The van der Waals surface area contributed by atoms with Gasteiger partial charge in [-0.25, -0.2) is 8.78 Å². The minimum absolute atomic E-state index is 4.70. The van der Waals surface area contributed by atoms with Gasteiger partial charge in [-0.1, -0.05) is 0 Å². The van der Waals surface area contributed by atoms with E-state index in [0.717, 1.165) is 0 Å². The Morgan fingerprint density at radius 1 is 0.583 bits per heavy atom. The summed E-state index contributed by atoms with van der Waals surface area (Å²) in [5, 5.41) is 0. The van der Waals surface area contributed by atoms with Gasteiger partial charge < -0.3 is 0 Å². The number of hydrogen-bond acceptors (Lipinski definition) is 1. The van der Waals surface area contributed by atoms with E-state index >= 15 is 0 Å². The first-order valence-electron chi connectivity index (χ1n) is 4.89. The first-order chi connectivity index (χ1) is 10.1. The number of carbonyl (C=O) groups excluding carboxylic acids is 1. The van der Waals surface area contributed by atoms with Gasteiger partial charge in [-0.05, 0) is 0 Å². The van der Waals surface area contributed by atoms with Crippen LogP contribution < -0.4 is 0 Å². The van der Waals surface area contributed by atoms with Crippen molar-refractivity contribution in [3.63, 3.8) is 0 Å². The smallest absolute Gasteiger partial charge is 0.254 e. The van der Waals surface area contributed by atoms with Gasteiger partial charge in [-0.15, -0.1) is 0 Å². The molecular formula is C8HF15O. The summed E-state index contributed by atoms with van der Waals surface area (Å²) < 4.78 is 186. The lowest BCUT2D eigenvalue weighted by atomic mass is 9.91. The zero-order chi connectivity index (χ0) is 20.2. The predicted octanol–water partition coefficient (Wildman–Crippen LogP) is 4.56. The van der Waals surface area contributed by atoms with E-state index in [1.807, 2.05) is 0 Å². The summed E-state index contributed by atoms with van der Waals surface area (Å²) in [6.07, 6.45) is -5.81. The topological polar surface area (TPSA) is 17.1 Å². The monoisotopic (exact) mass is 398 g/mol. The molecule has 0 unspecified atom stereocenters. The molecule has 24 heavy (non-hydrogen) atoms. The molecule has 1 nitrogen and oxygen atoms in total. The average molecular weight is 398 g/mol. The highest BCUT2D eigenvalue weighted by Crippen LogP contribution is 2.60. The first kappa shape index (κ1) is 22.6. The molecule has 144 valence electrons. The Morgan fingerprint density at radius 3 is 1.12 bits per heavy atom. The fourth-order valence-corrected chi connectivity index (χ4v) is 1.06. The van der Waals surface area contributed by atoms with Crippen molar-refractivity contribution in [3.05, 3.63) is 0 Å². The fraction of sp³-hybridized carbons (Fsp3) is 0.875. The minimum Gasteiger partial charge on any atom is -0.254 e. The van der Waals surface area contributed by atoms with Crippen molar-refractivity contribution in [3.8, 4) is 0 Å². The van der Waals surface area contributed by atoms with Gasteiger partial charge in [0.15, 0.2) is 0 Å². The second-order valence-corrected chi connectivity index (χ2v) is 4.07. The number of alkyl halides is 14. The Kier molecular flexibility index (Phi) is 5.25. The van der Waals surface area contributed by atoms with Crippen LogP contribution in [0.4, 0.5) is 65.9 Å². The van der Waals surface area contributed by atoms with Gasteiger partial charge in [-0.2, -0.15) is 57.1 Å². The first-order valence-corrected chi connectivity index (χ1v) is 4.89. The molecule has 0 bridgehead atoms. The Morgan fingerprint density at radius 2 is 0.875 bits per heavy atom. The molecule has 0 heterocycles. The maximum absolute atomic E-state index is 12.8. The van der Waals surface area contributed by atoms with Crippen molar-refractivity contribution in [1.82, 2.24) is 0 Å². The molecule has 16 heteroatoms. The minimum atomic E-state index is -8.26. The zero-order valence-corrected chi connectivity index (χ0v) is 10.2. The Hall–Kier alpha value is -1.38. The van der Waals surface area contributed by atoms with Gasteiger partial charge in [0.1, 0.15) is 0 Å². The molecule has 0 aliphatic carbocycles. The molecule has 0 N–H and O–H groups in total. The molecule has 0 spiro atoms. The molecule has 0 atom stereocenters. The maximum Gasteiger partial charge on any atom is 0.404 e. The molecule has 0 aliphatic rings. The van der Waals surface area contributed by atoms with Crippen molar-refractivity contribution < 1.29 is 70.7 Å². The van der Waals surface area contributed by atoms with E-state index in [2.05, 4.69) is 0 Å². The van der Waals surface area contributed by atoms with E-state index in [4.69, 9.17) is 0 Å². The van der Waals surface area contributed by atoms with Crippen LogP contribution in [0.15, 0.2) is 0 Å². The summed E-state index contributed by atoms with van der Waals surface area (Å²) in [6.45, 7) is 0. The van der Waals surface area contributed by atoms with Gasteiger partial charge in [0, 0.05) is 0 Å². The van der Waals surface area contributed by atoms with Crippen molar-refractivity contribution in [2.75, 3.05) is 0 Å². The molecule has 0 aromatic carbocycles. The average Bonchev–Trinajstić information content (AvgIpc) is 2.36. The van der Waals surface area contributed by atoms with Crippen LogP contribution in [0.25, 0.3) is 0 Å². The van der Waals surface area contributed by atoms with Crippen LogP contribution in [0.2, 0.25) is 0 Å². The van der Waals surface area contributed by atoms with Crippen LogP contribution in [0.1, 0.15) is 0 Å². The van der Waals surface area contributed by atoms with Crippen LogP contribution in [0, 0.1) is 0 Å². The lowest BCUT2D eigenvalue weighted by molar-refractivity contribution is -0.428. The Bertz CT molecular complexity index is 492. The van der Waals surface area contributed by atoms with E-state index in [0.29, 0.717) is 0 Å². The van der Waals surface area contributed by atoms with Crippen LogP contribution in [0.5, 0.6) is 0 Å². The van der Waals surface area contributed by atoms with Crippen molar-refractivity contribution in [1.29, 1.82) is 0 Å². The molecule has 0 radical (unpaired) electrons. The number of halogens is 15. The summed E-state index contributed by atoms with van der Waals surface area (Å²) in [7, 11) is 0. The summed E-state index contributed by atoms with van der Waals surface area (Å²) in [6, 6.07) is -4.70. The van der Waals surface area contributed by atoms with Gasteiger partial charge in [-0.3, -0.25) is 4.79 Å². The molecule has 0 aromatic heterocycles. The predicted molar refractivity (Wildman–Crippen MR) is 41.8 cm³/mol. The Labute approximate surface area is 120 Å². The normalized spacial score (nSPS) is 15.8. The molecular weight excluding hydrogens is 397 g/mol. The van der Waals surface area contributed by atoms with Gasteiger partial charge in [0.05, 0.1) is 0 Å². The van der Waals surface area contributed by atoms with Crippen LogP contribution >= 0.6 is 0 Å². The number of hydrogen-bond donors (Lipinski definition) is 0. The molecule has 0 fully saturated rings. The SMILES string of the molecule is O=C(F)C(F)(F)C(F)(F)C(F)(F)C(F)(F)C(F)(F)C(F)(F)C(F)F. The van der Waals surface area contributed by atoms with Crippen LogP contribution in [-0.2, 0) is 4.79 Å². The highest BCUT2D eigenvalue weighted by molar-refractivity contribution is 5.78. The quantitative estimate of drug-likeness (QED) is 0.454. The van der Waals surface area contributed by atoms with Gasteiger partial charge in [0.25, 0.3) is 0 Å². The van der Waals surface area contributed by atoms with Crippen molar-refractivity contribution >= 4 is 6.04 Å². The molecule has 0 aromatic rings. The molecule has 0 saturated heterocycles. The van der Waals surface area contributed by atoms with E-state index < -0.39 is 48.0 Å². The van der Waals surface area contributed by atoms with Crippen molar-refractivity contribution in [2.24, 2.45) is 0 Å². The largest absolute Gasteiger partial charge is 0.404 e. The summed E-state index contributed by atoms with van der Waals surface area (Å²) >= 11 is 0. The van der Waals surface area contributed by atoms with E-state index in [1.54, 1.807) is 0 Å². The molecule has 0 saturated carbocycles. The second kappa shape index (κ2) is 5.57. The zero-order valence-electron chi connectivity index (χ0n) is 10.2. The molecule has 0 rings (SSSR count). The van der Waals surface area contributed by atoms with Crippen LogP contribution in [0.3, 0.4) is 0 Å². The summed E-state index contributed by atoms with van der Waals surface area (Å²) in [5.41, 5.74) is 0. The molecule has 0 aliphatic heterocycles. The lowest BCUT2D eigenvalue weighted by Crippen LogP contribution is -2.72. The number of carbonyl (C=O) groups is 1. The fourth-order valence-electron chi connectivity index (χ4n) is 1.06. The summed E-state index contributed by atoms with van der Waals surface area (Å²) in [5.74, 6) is -47.3. The van der Waals surface area contributed by atoms with E-state index in [-0.39, 0.29) is 0 Å². The number of rotatable bonds is 7. The van der Waals surface area contributed by atoms with Gasteiger partial charge >= 0.3 is 48.0 Å². The Balaban J connectivity index is 6.43. The van der Waals surface area contributed by atoms with Gasteiger partial charge in [0.2, 0.25) is 0 Å². The van der Waals surface area contributed by atoms with Crippen LogP contribution in [-0.4, -0.2) is 48.0 Å². The standard InChI is InChI=1S/C8HF15O/c9-1(10)3(12,13)5(16,17)7(20,21)8(22,23)6(18,19)4(14,15)2(11)24/h1H. The van der Waals surface area contributed by atoms with E-state index in [9.17, 15) is 70.7 Å². The second-order valence-electron chi connectivity index (χ2n) is 4.07. The lowest BCUT2D eigenvalue weighted by Gasteiger charge is -2.40. The third-order valence-corrected chi connectivity index (χ3v) is 2.52. The summed E-state index contributed by atoms with van der Waals surface area (Å²) in [4.78, 5) is 9.51. The van der Waals surface area contributed by atoms with Crippen molar-refractivity contribution in [2.45, 2.75) is 42.0 Å². The molecule has 0 amide bonds. The highest BCUT2D eigenvalue weighted by Gasteiger charge is 2.92. The third kappa shape index (κ3) is 2.57. The maximum atomic E-state index is 12.8. The highest BCUT2D eigenvalue weighted by atomic mass is 19.4.